The molecule has 0 aromatic carbocycles. The Morgan fingerprint density at radius 1 is 1.39 bits per heavy atom. The minimum atomic E-state index is -0.467. The van der Waals surface area contributed by atoms with Crippen LogP contribution in [0.15, 0.2) is 23.1 Å². The quantitative estimate of drug-likeness (QED) is 0.487. The van der Waals surface area contributed by atoms with E-state index >= 15 is 0 Å². The second-order valence-electron chi connectivity index (χ2n) is 4.95. The number of alkyl halides is 1. The van der Waals surface area contributed by atoms with Crippen LogP contribution < -0.4 is 5.56 Å². The van der Waals surface area contributed by atoms with Crippen molar-refractivity contribution in [1.82, 2.24) is 4.57 Å². The van der Waals surface area contributed by atoms with Crippen molar-refractivity contribution < 1.29 is 4.92 Å². The number of rotatable bonds is 4. The van der Waals surface area contributed by atoms with Crippen molar-refractivity contribution >= 4 is 21.6 Å². The summed E-state index contributed by atoms with van der Waals surface area (Å²) >= 11 is 3.51. The normalized spacial score (nSPS) is 17.8. The number of hydrogen-bond donors (Lipinski definition) is 0. The molecule has 0 atom stereocenters. The molecule has 0 saturated heterocycles. The summed E-state index contributed by atoms with van der Waals surface area (Å²) in [6.07, 6.45) is 5.80. The molecule has 2 rings (SSSR count). The second kappa shape index (κ2) is 5.22. The van der Waals surface area contributed by atoms with Crippen LogP contribution in [0.5, 0.6) is 0 Å². The lowest BCUT2D eigenvalue weighted by Gasteiger charge is -2.27. The van der Waals surface area contributed by atoms with E-state index in [-0.39, 0.29) is 16.7 Å². The number of nitrogens with zero attached hydrogens (tertiary/aromatic N) is 2. The summed E-state index contributed by atoms with van der Waals surface area (Å²) in [4.78, 5) is 22.0. The summed E-state index contributed by atoms with van der Waals surface area (Å²) in [6.45, 7) is 0.554. The number of aromatic nitrogens is 1. The van der Waals surface area contributed by atoms with Gasteiger partial charge in [-0.05, 0) is 18.3 Å². The molecular weight excluding hydrogens is 300 g/mol. The van der Waals surface area contributed by atoms with Crippen LogP contribution in [0.3, 0.4) is 0 Å². The highest BCUT2D eigenvalue weighted by Gasteiger charge is 2.33. The topological polar surface area (TPSA) is 65.1 Å². The van der Waals surface area contributed by atoms with Crippen molar-refractivity contribution in [3.63, 3.8) is 0 Å². The van der Waals surface area contributed by atoms with Crippen LogP contribution in [-0.2, 0) is 6.54 Å². The molecule has 18 heavy (non-hydrogen) atoms. The third-order valence-corrected chi connectivity index (χ3v) is 4.82. The molecule has 0 N–H and O–H groups in total. The zero-order valence-corrected chi connectivity index (χ0v) is 11.6. The highest BCUT2D eigenvalue weighted by atomic mass is 79.9. The Balaban J connectivity index is 2.30. The van der Waals surface area contributed by atoms with Gasteiger partial charge in [-0.25, -0.2) is 0 Å². The molecule has 1 saturated carbocycles. The summed E-state index contributed by atoms with van der Waals surface area (Å²) < 4.78 is 1.48. The lowest BCUT2D eigenvalue weighted by Crippen LogP contribution is -2.31. The third-order valence-electron chi connectivity index (χ3n) is 3.63. The van der Waals surface area contributed by atoms with Gasteiger partial charge in [-0.3, -0.25) is 14.9 Å². The van der Waals surface area contributed by atoms with E-state index in [1.54, 1.807) is 0 Å². The van der Waals surface area contributed by atoms with Crippen LogP contribution in [0, 0.1) is 15.5 Å². The van der Waals surface area contributed by atoms with Gasteiger partial charge in [0.2, 0.25) is 0 Å². The van der Waals surface area contributed by atoms with Gasteiger partial charge in [0, 0.05) is 24.0 Å². The van der Waals surface area contributed by atoms with Crippen LogP contribution in [0.25, 0.3) is 0 Å². The maximum Gasteiger partial charge on any atom is 0.285 e. The first-order chi connectivity index (χ1) is 8.56. The number of pyridine rings is 1. The largest absolute Gasteiger partial charge is 0.308 e. The molecule has 1 aliphatic carbocycles. The predicted octanol–water partition coefficient (Wildman–Crippen LogP) is 2.71. The molecule has 0 amide bonds. The molecule has 98 valence electrons. The molecule has 1 fully saturated rings. The average molecular weight is 315 g/mol. The molecule has 1 heterocycles. The zero-order valence-electron chi connectivity index (χ0n) is 9.97. The molecule has 1 aliphatic rings. The summed E-state index contributed by atoms with van der Waals surface area (Å²) in [5.41, 5.74) is -0.135. The fourth-order valence-electron chi connectivity index (χ4n) is 2.57. The molecule has 6 heteroatoms. The number of hydrogen-bond acceptors (Lipinski definition) is 3. The van der Waals surface area contributed by atoms with E-state index < -0.39 is 4.92 Å². The maximum atomic E-state index is 11.8. The standard InChI is InChI=1S/C12H15BrN2O3/c13-8-12(5-1-2-6-12)9-14-7-10(15(17)18)3-4-11(14)16/h3-4,7H,1-2,5-6,8-9H2. The molecule has 0 radical (unpaired) electrons. The Labute approximate surface area is 113 Å². The van der Waals surface area contributed by atoms with E-state index in [0.717, 1.165) is 31.0 Å². The third kappa shape index (κ3) is 2.63. The predicted molar refractivity (Wildman–Crippen MR) is 72.1 cm³/mol. The molecule has 5 nitrogen and oxygen atoms in total. The van der Waals surface area contributed by atoms with E-state index in [1.807, 2.05) is 0 Å². The first-order valence-electron chi connectivity index (χ1n) is 5.97. The molecule has 0 spiro atoms. The Bertz CT molecular complexity index is 506. The van der Waals surface area contributed by atoms with Gasteiger partial charge in [0.05, 0.1) is 11.1 Å². The van der Waals surface area contributed by atoms with Crippen LogP contribution >= 0.6 is 15.9 Å². The van der Waals surface area contributed by atoms with E-state index in [4.69, 9.17) is 0 Å². The minimum absolute atomic E-state index is 0.0303. The monoisotopic (exact) mass is 314 g/mol. The van der Waals surface area contributed by atoms with E-state index in [9.17, 15) is 14.9 Å². The highest BCUT2D eigenvalue weighted by molar-refractivity contribution is 9.09. The van der Waals surface area contributed by atoms with Crippen molar-refractivity contribution in [2.45, 2.75) is 32.2 Å². The molecular formula is C12H15BrN2O3. The Morgan fingerprint density at radius 3 is 2.61 bits per heavy atom. The van der Waals surface area contributed by atoms with E-state index in [0.29, 0.717) is 6.54 Å². The fourth-order valence-corrected chi connectivity index (χ4v) is 3.31. The van der Waals surface area contributed by atoms with Gasteiger partial charge in [0.25, 0.3) is 11.2 Å². The van der Waals surface area contributed by atoms with Gasteiger partial charge >= 0.3 is 0 Å². The van der Waals surface area contributed by atoms with Gasteiger partial charge in [-0.2, -0.15) is 0 Å². The minimum Gasteiger partial charge on any atom is -0.308 e. The first kappa shape index (κ1) is 13.3. The smallest absolute Gasteiger partial charge is 0.285 e. The van der Waals surface area contributed by atoms with E-state index in [1.165, 1.54) is 22.9 Å². The fraction of sp³-hybridized carbons (Fsp3) is 0.583. The van der Waals surface area contributed by atoms with Gasteiger partial charge < -0.3 is 4.57 Å². The lowest BCUT2D eigenvalue weighted by atomic mass is 9.88. The lowest BCUT2D eigenvalue weighted by molar-refractivity contribution is -0.385. The van der Waals surface area contributed by atoms with Crippen LogP contribution in [0.2, 0.25) is 0 Å². The van der Waals surface area contributed by atoms with Crippen LogP contribution in [-0.4, -0.2) is 14.8 Å². The first-order valence-corrected chi connectivity index (χ1v) is 7.09. The van der Waals surface area contributed by atoms with Gasteiger partial charge in [0.1, 0.15) is 0 Å². The van der Waals surface area contributed by atoms with Crippen LogP contribution in [0.4, 0.5) is 5.69 Å². The van der Waals surface area contributed by atoms with Gasteiger partial charge in [-0.15, -0.1) is 0 Å². The summed E-state index contributed by atoms with van der Waals surface area (Å²) in [6, 6.07) is 2.53. The number of halogens is 1. The van der Waals surface area contributed by atoms with Crippen molar-refractivity contribution in [1.29, 1.82) is 0 Å². The van der Waals surface area contributed by atoms with Crippen LogP contribution in [0.1, 0.15) is 25.7 Å². The summed E-state index contributed by atoms with van der Waals surface area (Å²) in [5.74, 6) is 0. The molecule has 0 unspecified atom stereocenters. The second-order valence-corrected chi connectivity index (χ2v) is 5.51. The Morgan fingerprint density at radius 2 is 2.06 bits per heavy atom. The molecule has 0 aliphatic heterocycles. The van der Waals surface area contributed by atoms with Crippen molar-refractivity contribution in [3.8, 4) is 0 Å². The molecule has 1 aromatic heterocycles. The Hall–Kier alpha value is -1.17. The van der Waals surface area contributed by atoms with E-state index in [2.05, 4.69) is 15.9 Å². The summed E-state index contributed by atoms with van der Waals surface area (Å²) in [7, 11) is 0. The van der Waals surface area contributed by atoms with Crippen molar-refractivity contribution in [3.05, 3.63) is 38.8 Å². The van der Waals surface area contributed by atoms with Crippen molar-refractivity contribution in [2.75, 3.05) is 5.33 Å². The summed E-state index contributed by atoms with van der Waals surface area (Å²) in [5, 5.41) is 11.6. The maximum absolute atomic E-state index is 11.8. The highest BCUT2D eigenvalue weighted by Crippen LogP contribution is 2.40. The van der Waals surface area contributed by atoms with Gasteiger partial charge in [0.15, 0.2) is 0 Å². The average Bonchev–Trinajstić information content (AvgIpc) is 2.81. The Kier molecular flexibility index (Phi) is 3.85. The molecule has 1 aromatic rings. The molecule has 0 bridgehead atoms. The van der Waals surface area contributed by atoms with Gasteiger partial charge in [-0.1, -0.05) is 28.8 Å². The number of nitro groups is 1. The zero-order chi connectivity index (χ0) is 13.2. The SMILES string of the molecule is O=c1ccc([N+](=O)[O-])cn1CC1(CBr)CCCC1. The van der Waals surface area contributed by atoms with Crippen molar-refractivity contribution in [2.24, 2.45) is 5.41 Å².